The number of anilines is 2. The largest absolute Gasteiger partial charge is 0.361 e. The van der Waals surface area contributed by atoms with Gasteiger partial charge < -0.3 is 10.3 Å². The van der Waals surface area contributed by atoms with Crippen molar-refractivity contribution in [3.63, 3.8) is 0 Å². The van der Waals surface area contributed by atoms with E-state index in [1.807, 2.05) is 12.3 Å². The predicted molar refractivity (Wildman–Crippen MR) is 118 cm³/mol. The van der Waals surface area contributed by atoms with E-state index < -0.39 is 0 Å². The molecule has 4 rings (SSSR count). The molecule has 0 saturated carbocycles. The molecule has 0 radical (unpaired) electrons. The van der Waals surface area contributed by atoms with Crippen molar-refractivity contribution in [2.24, 2.45) is 0 Å². The van der Waals surface area contributed by atoms with Gasteiger partial charge in [0.1, 0.15) is 6.07 Å². The van der Waals surface area contributed by atoms with E-state index in [0.29, 0.717) is 5.56 Å². The molecule has 0 aliphatic rings. The van der Waals surface area contributed by atoms with Crippen LogP contribution in [0.25, 0.3) is 10.9 Å². The van der Waals surface area contributed by atoms with Crippen LogP contribution in [0.2, 0.25) is 0 Å². The molecular weight excluding hydrogens is 356 g/mol. The zero-order valence-corrected chi connectivity index (χ0v) is 16.8. The first-order valence-electron chi connectivity index (χ1n) is 9.99. The lowest BCUT2D eigenvalue weighted by molar-refractivity contribution is 0.900. The van der Waals surface area contributed by atoms with Gasteiger partial charge in [-0.2, -0.15) is 5.26 Å². The number of rotatable bonds is 6. The summed E-state index contributed by atoms with van der Waals surface area (Å²) in [5.41, 5.74) is 8.22. The van der Waals surface area contributed by atoms with Gasteiger partial charge in [-0.05, 0) is 61.1 Å². The Bertz CT molecular complexity index is 1180. The highest BCUT2D eigenvalue weighted by Gasteiger charge is 2.16. The van der Waals surface area contributed by atoms with Crippen molar-refractivity contribution in [3.8, 4) is 6.07 Å². The minimum atomic E-state index is 0.582. The molecule has 4 aromatic rings. The molecule has 0 saturated heterocycles. The van der Waals surface area contributed by atoms with E-state index in [1.165, 1.54) is 10.9 Å². The number of pyridine rings is 1. The third-order valence-electron chi connectivity index (χ3n) is 5.49. The monoisotopic (exact) mass is 380 g/mol. The van der Waals surface area contributed by atoms with E-state index in [0.717, 1.165) is 53.0 Å². The summed E-state index contributed by atoms with van der Waals surface area (Å²) in [6.07, 6.45) is 6.23. The van der Waals surface area contributed by atoms with Crippen molar-refractivity contribution in [2.45, 2.75) is 33.1 Å². The summed E-state index contributed by atoms with van der Waals surface area (Å²) in [7, 11) is 0. The third kappa shape index (κ3) is 3.72. The quantitative estimate of drug-likeness (QED) is 0.442. The van der Waals surface area contributed by atoms with Crippen LogP contribution in [0.3, 0.4) is 0 Å². The number of nitrogens with zero attached hydrogens (tertiary/aromatic N) is 2. The van der Waals surface area contributed by atoms with Gasteiger partial charge in [0.2, 0.25) is 0 Å². The summed E-state index contributed by atoms with van der Waals surface area (Å²) < 4.78 is 0. The van der Waals surface area contributed by atoms with Crippen LogP contribution in [-0.2, 0) is 19.3 Å². The minimum absolute atomic E-state index is 0.582. The smallest absolute Gasteiger partial charge is 0.103 e. The fourth-order valence-electron chi connectivity index (χ4n) is 3.86. The van der Waals surface area contributed by atoms with Crippen molar-refractivity contribution >= 4 is 22.3 Å². The van der Waals surface area contributed by atoms with E-state index in [4.69, 9.17) is 0 Å². The maximum atomic E-state index is 9.74. The summed E-state index contributed by atoms with van der Waals surface area (Å²) in [6.45, 7) is 4.22. The Kier molecular flexibility index (Phi) is 5.31. The Morgan fingerprint density at radius 2 is 1.90 bits per heavy atom. The Hall–Kier alpha value is -3.58. The molecule has 4 heteroatoms. The summed E-state index contributed by atoms with van der Waals surface area (Å²) in [4.78, 5) is 7.83. The predicted octanol–water partition coefficient (Wildman–Crippen LogP) is 5.83. The first-order valence-corrected chi connectivity index (χ1v) is 9.99. The van der Waals surface area contributed by atoms with Crippen LogP contribution in [0, 0.1) is 18.3 Å². The number of aromatic amines is 1. The lowest BCUT2D eigenvalue weighted by Gasteiger charge is -2.18. The lowest BCUT2D eigenvalue weighted by atomic mass is 9.98. The zero-order chi connectivity index (χ0) is 20.2. The molecule has 0 spiro atoms. The SMILES string of the molecule is CCc1ncc(C#N)c(Nc2ccc3[nH]ccc3c2C)c1CCc1ccccc1. The molecule has 2 aromatic heterocycles. The maximum Gasteiger partial charge on any atom is 0.103 e. The van der Waals surface area contributed by atoms with E-state index in [9.17, 15) is 5.26 Å². The molecule has 0 unspecified atom stereocenters. The summed E-state index contributed by atoms with van der Waals surface area (Å²) >= 11 is 0. The Balaban J connectivity index is 1.75. The summed E-state index contributed by atoms with van der Waals surface area (Å²) in [5.74, 6) is 0. The van der Waals surface area contributed by atoms with Gasteiger partial charge in [-0.3, -0.25) is 4.98 Å². The number of benzene rings is 2. The van der Waals surface area contributed by atoms with E-state index in [2.05, 4.69) is 77.7 Å². The second kappa shape index (κ2) is 8.20. The Labute approximate surface area is 171 Å². The molecule has 2 aromatic carbocycles. The molecule has 0 aliphatic heterocycles. The average Bonchev–Trinajstić information content (AvgIpc) is 3.24. The average molecular weight is 380 g/mol. The van der Waals surface area contributed by atoms with Crippen LogP contribution in [0.4, 0.5) is 11.4 Å². The van der Waals surface area contributed by atoms with Gasteiger partial charge in [-0.1, -0.05) is 37.3 Å². The van der Waals surface area contributed by atoms with Gasteiger partial charge in [0.05, 0.1) is 11.3 Å². The second-order valence-electron chi connectivity index (χ2n) is 7.23. The van der Waals surface area contributed by atoms with Crippen LogP contribution in [0.5, 0.6) is 0 Å². The highest BCUT2D eigenvalue weighted by molar-refractivity contribution is 5.89. The normalized spacial score (nSPS) is 10.8. The van der Waals surface area contributed by atoms with Crippen LogP contribution in [-0.4, -0.2) is 9.97 Å². The number of aryl methyl sites for hydroxylation is 3. The molecule has 2 heterocycles. The molecule has 0 atom stereocenters. The fraction of sp³-hybridized carbons (Fsp3) is 0.200. The second-order valence-corrected chi connectivity index (χ2v) is 7.23. The first-order chi connectivity index (χ1) is 14.2. The van der Waals surface area contributed by atoms with Crippen molar-refractivity contribution in [2.75, 3.05) is 5.32 Å². The molecule has 0 amide bonds. The zero-order valence-electron chi connectivity index (χ0n) is 16.8. The van der Waals surface area contributed by atoms with E-state index >= 15 is 0 Å². The number of hydrogen-bond donors (Lipinski definition) is 2. The Morgan fingerprint density at radius 1 is 1.07 bits per heavy atom. The molecule has 144 valence electrons. The van der Waals surface area contributed by atoms with Gasteiger partial charge >= 0.3 is 0 Å². The number of fused-ring (bicyclic) bond motifs is 1. The maximum absolute atomic E-state index is 9.74. The molecule has 0 bridgehead atoms. The molecular formula is C25H24N4. The fourth-order valence-corrected chi connectivity index (χ4v) is 3.86. The van der Waals surface area contributed by atoms with Crippen molar-refractivity contribution in [1.29, 1.82) is 5.26 Å². The van der Waals surface area contributed by atoms with Gasteiger partial charge in [0, 0.05) is 34.7 Å². The number of hydrogen-bond acceptors (Lipinski definition) is 3. The number of nitriles is 1. The van der Waals surface area contributed by atoms with Crippen LogP contribution >= 0.6 is 0 Å². The number of nitrogens with one attached hydrogen (secondary N) is 2. The van der Waals surface area contributed by atoms with Gasteiger partial charge in [0.25, 0.3) is 0 Å². The van der Waals surface area contributed by atoms with Crippen molar-refractivity contribution in [3.05, 3.63) is 88.9 Å². The van der Waals surface area contributed by atoms with Gasteiger partial charge in [-0.25, -0.2) is 0 Å². The van der Waals surface area contributed by atoms with Gasteiger partial charge in [0.15, 0.2) is 0 Å². The highest BCUT2D eigenvalue weighted by Crippen LogP contribution is 2.32. The molecule has 0 aliphatic carbocycles. The number of aromatic nitrogens is 2. The molecule has 2 N–H and O–H groups in total. The van der Waals surface area contributed by atoms with E-state index in [1.54, 1.807) is 6.20 Å². The van der Waals surface area contributed by atoms with Crippen molar-refractivity contribution < 1.29 is 0 Å². The molecule has 29 heavy (non-hydrogen) atoms. The lowest BCUT2D eigenvalue weighted by Crippen LogP contribution is -2.07. The Morgan fingerprint density at radius 3 is 2.66 bits per heavy atom. The minimum Gasteiger partial charge on any atom is -0.361 e. The van der Waals surface area contributed by atoms with Gasteiger partial charge in [-0.15, -0.1) is 0 Å². The number of H-pyrrole nitrogens is 1. The molecule has 0 fully saturated rings. The van der Waals surface area contributed by atoms with Crippen LogP contribution in [0.1, 0.15) is 34.9 Å². The van der Waals surface area contributed by atoms with Crippen molar-refractivity contribution in [1.82, 2.24) is 9.97 Å². The van der Waals surface area contributed by atoms with Crippen LogP contribution in [0.15, 0.2) is 60.9 Å². The third-order valence-corrected chi connectivity index (χ3v) is 5.49. The highest BCUT2D eigenvalue weighted by atomic mass is 14.9. The van der Waals surface area contributed by atoms with Crippen LogP contribution < -0.4 is 5.32 Å². The topological polar surface area (TPSA) is 64.5 Å². The van der Waals surface area contributed by atoms with E-state index in [-0.39, 0.29) is 0 Å². The first kappa shape index (κ1) is 18.8. The standard InChI is InChI=1S/C25H24N4/c1-3-22-21(10-9-18-7-5-4-6-8-18)25(19(15-26)16-28-22)29-23-11-12-24-20(17(23)2)13-14-27-24/h4-8,11-14,16,27H,3,9-10H2,1-2H3,(H,28,29). The molecule has 4 nitrogen and oxygen atoms in total. The summed E-state index contributed by atoms with van der Waals surface area (Å²) in [6, 6.07) is 19.0. The summed E-state index contributed by atoms with van der Waals surface area (Å²) in [5, 5.41) is 14.5.